The number of likely N-dealkylation sites (N-methyl/N-ethyl adjacent to an activating group) is 1. The molecule has 5 nitrogen and oxygen atoms in total. The summed E-state index contributed by atoms with van der Waals surface area (Å²) in [5.41, 5.74) is 3.10. The van der Waals surface area contributed by atoms with Crippen LogP contribution in [0.1, 0.15) is 69.4 Å². The Balaban J connectivity index is 1.00. The van der Waals surface area contributed by atoms with Crippen molar-refractivity contribution in [3.63, 3.8) is 0 Å². The highest BCUT2D eigenvalue weighted by Gasteiger charge is 2.52. The number of hydrogen-bond acceptors (Lipinski definition) is 5. The van der Waals surface area contributed by atoms with E-state index in [4.69, 9.17) is 0 Å². The zero-order valence-corrected chi connectivity index (χ0v) is 25.4. The van der Waals surface area contributed by atoms with Gasteiger partial charge in [0, 0.05) is 30.7 Å². The molecule has 2 saturated carbocycles. The number of likely N-dealkylation sites (tertiary alicyclic amines) is 1. The number of sulfone groups is 1. The quantitative estimate of drug-likeness (QED) is 0.394. The fraction of sp³-hybridized carbons (Fsp3) is 0.647. The maximum atomic E-state index is 15.9. The van der Waals surface area contributed by atoms with E-state index in [-0.39, 0.29) is 10.7 Å². The van der Waals surface area contributed by atoms with Crippen LogP contribution in [0, 0.1) is 11.8 Å². The van der Waals surface area contributed by atoms with Gasteiger partial charge in [0.15, 0.2) is 15.5 Å². The number of benzene rings is 2. The minimum atomic E-state index is -3.18. The van der Waals surface area contributed by atoms with Gasteiger partial charge in [-0.15, -0.1) is 0 Å². The number of hydrogen-bond donors (Lipinski definition) is 0. The van der Waals surface area contributed by atoms with E-state index in [1.165, 1.54) is 37.8 Å². The average Bonchev–Trinajstić information content (AvgIpc) is 3.71. The molecule has 2 saturated heterocycles. The number of rotatable bonds is 8. The Bertz CT molecular complexity index is 1340. The second kappa shape index (κ2) is 10.6. The summed E-state index contributed by atoms with van der Waals surface area (Å²) in [7, 11) is -3.18. The summed E-state index contributed by atoms with van der Waals surface area (Å²) in [6.45, 7) is 8.88. The molecule has 4 fully saturated rings. The lowest BCUT2D eigenvalue weighted by atomic mass is 9.57. The Kier molecular flexibility index (Phi) is 7.23. The van der Waals surface area contributed by atoms with E-state index in [1.54, 1.807) is 17.7 Å². The maximum Gasteiger partial charge on any atom is 0.181 e. The zero-order valence-electron chi connectivity index (χ0n) is 24.6. The van der Waals surface area contributed by atoms with Crippen molar-refractivity contribution in [2.45, 2.75) is 86.1 Å². The van der Waals surface area contributed by atoms with Crippen LogP contribution in [0.3, 0.4) is 0 Å². The van der Waals surface area contributed by atoms with Crippen molar-refractivity contribution in [1.82, 2.24) is 9.80 Å². The molecule has 0 bridgehead atoms. The lowest BCUT2D eigenvalue weighted by Gasteiger charge is -2.55. The molecule has 222 valence electrons. The largest absolute Gasteiger partial charge is 0.365 e. The van der Waals surface area contributed by atoms with Gasteiger partial charge in [0.1, 0.15) is 0 Å². The van der Waals surface area contributed by atoms with Crippen molar-refractivity contribution in [2.75, 3.05) is 50.7 Å². The highest BCUT2D eigenvalue weighted by molar-refractivity contribution is 7.92. The molecular formula is C34H46FN3O2S. The van der Waals surface area contributed by atoms with Crippen LogP contribution in [0.2, 0.25) is 0 Å². The first-order chi connectivity index (χ1) is 19.8. The standard InChI is InChI=1S/C34H46FN3O2S/c1-2-36-21-26-7-3-6-10-32(26)34(25-36,27-8-4-5-9-27)28-17-19-37(20-18-28)22-33(35)23-38(24-33)29-11-13-30(14-12-29)41(39,40)31-15-16-31/h3,6-7,10-14,27-28,31H,2,4-5,8-9,15-25H2,1H3. The Hall–Kier alpha value is -1.96. The van der Waals surface area contributed by atoms with Crippen molar-refractivity contribution >= 4 is 15.5 Å². The van der Waals surface area contributed by atoms with Crippen LogP contribution in [0.25, 0.3) is 0 Å². The van der Waals surface area contributed by atoms with Gasteiger partial charge < -0.3 is 4.90 Å². The first-order valence-corrected chi connectivity index (χ1v) is 17.7. The third kappa shape index (κ3) is 5.04. The minimum Gasteiger partial charge on any atom is -0.365 e. The summed E-state index contributed by atoms with van der Waals surface area (Å²) >= 11 is 0. The van der Waals surface area contributed by atoms with Gasteiger partial charge in [0.05, 0.1) is 23.2 Å². The second-order valence-corrected chi connectivity index (χ2v) is 16.0. The molecule has 41 heavy (non-hydrogen) atoms. The molecule has 7 rings (SSSR count). The molecule has 2 aromatic rings. The molecule has 0 radical (unpaired) electrons. The van der Waals surface area contributed by atoms with Gasteiger partial charge >= 0.3 is 0 Å². The minimum absolute atomic E-state index is 0.202. The topological polar surface area (TPSA) is 43.9 Å². The molecule has 5 aliphatic rings. The number of halogens is 1. The Morgan fingerprint density at radius 3 is 2.15 bits per heavy atom. The van der Waals surface area contributed by atoms with Crippen molar-refractivity contribution in [1.29, 1.82) is 0 Å². The average molecular weight is 580 g/mol. The second-order valence-electron chi connectivity index (χ2n) is 13.8. The first-order valence-electron chi connectivity index (χ1n) is 16.1. The predicted octanol–water partition coefficient (Wildman–Crippen LogP) is 5.83. The molecule has 0 aromatic heterocycles. The van der Waals surface area contributed by atoms with E-state index in [9.17, 15) is 8.42 Å². The van der Waals surface area contributed by atoms with Crippen LogP contribution < -0.4 is 4.90 Å². The van der Waals surface area contributed by atoms with Gasteiger partial charge in [0.2, 0.25) is 0 Å². The van der Waals surface area contributed by atoms with E-state index >= 15 is 4.39 Å². The molecule has 1 unspecified atom stereocenters. The monoisotopic (exact) mass is 579 g/mol. The van der Waals surface area contributed by atoms with E-state index in [0.29, 0.717) is 30.4 Å². The van der Waals surface area contributed by atoms with Gasteiger partial charge in [0.25, 0.3) is 0 Å². The van der Waals surface area contributed by atoms with Crippen LogP contribution in [-0.2, 0) is 21.8 Å². The lowest BCUT2D eigenvalue weighted by molar-refractivity contribution is 0.0127. The molecule has 2 aliphatic carbocycles. The maximum absolute atomic E-state index is 15.9. The summed E-state index contributed by atoms with van der Waals surface area (Å²) in [4.78, 5) is 7.51. The van der Waals surface area contributed by atoms with E-state index in [0.717, 1.165) is 63.5 Å². The molecular weight excluding hydrogens is 533 g/mol. The normalized spacial score (nSPS) is 28.0. The lowest BCUT2D eigenvalue weighted by Crippen LogP contribution is -2.64. The molecule has 2 aromatic carbocycles. The number of fused-ring (bicyclic) bond motifs is 1. The van der Waals surface area contributed by atoms with Crippen LogP contribution >= 0.6 is 0 Å². The Labute approximate surface area is 246 Å². The molecule has 7 heteroatoms. The number of anilines is 1. The van der Waals surface area contributed by atoms with Gasteiger partial charge in [-0.3, -0.25) is 9.80 Å². The molecule has 3 aliphatic heterocycles. The van der Waals surface area contributed by atoms with Crippen LogP contribution in [0.15, 0.2) is 53.4 Å². The van der Waals surface area contributed by atoms with Crippen molar-refractivity contribution in [2.24, 2.45) is 11.8 Å². The summed E-state index contributed by atoms with van der Waals surface area (Å²) in [6, 6.07) is 16.4. The van der Waals surface area contributed by atoms with Gasteiger partial charge in [-0.05, 0) is 105 Å². The highest BCUT2D eigenvalue weighted by Crippen LogP contribution is 2.53. The Morgan fingerprint density at radius 1 is 0.829 bits per heavy atom. The number of nitrogens with zero attached hydrogens (tertiary/aromatic N) is 3. The number of alkyl halides is 1. The summed E-state index contributed by atoms with van der Waals surface area (Å²) < 4.78 is 40.9. The SMILES string of the molecule is CCN1Cc2ccccc2C(C2CCCC2)(C2CCN(CC3(F)CN(c4ccc(S(=O)(=O)C5CC5)cc4)C3)CC2)C1. The van der Waals surface area contributed by atoms with Gasteiger partial charge in [-0.25, -0.2) is 12.8 Å². The van der Waals surface area contributed by atoms with Crippen molar-refractivity contribution in [3.05, 3.63) is 59.7 Å². The highest BCUT2D eigenvalue weighted by atomic mass is 32.2. The molecule has 0 amide bonds. The molecule has 0 N–H and O–H groups in total. The smallest absolute Gasteiger partial charge is 0.181 e. The summed E-state index contributed by atoms with van der Waals surface area (Å²) in [5.74, 6) is 1.41. The van der Waals surface area contributed by atoms with E-state index < -0.39 is 15.5 Å². The number of piperidine rings is 1. The summed E-state index contributed by atoms with van der Waals surface area (Å²) in [5, 5.41) is -0.202. The van der Waals surface area contributed by atoms with Gasteiger partial charge in [-0.1, -0.05) is 44.0 Å². The van der Waals surface area contributed by atoms with Crippen molar-refractivity contribution < 1.29 is 12.8 Å². The van der Waals surface area contributed by atoms with Crippen LogP contribution in [0.4, 0.5) is 10.1 Å². The summed E-state index contributed by atoms with van der Waals surface area (Å²) in [6.07, 6.45) is 9.26. The van der Waals surface area contributed by atoms with Crippen LogP contribution in [-0.4, -0.2) is 74.9 Å². The van der Waals surface area contributed by atoms with Gasteiger partial charge in [-0.2, -0.15) is 0 Å². The van der Waals surface area contributed by atoms with Crippen molar-refractivity contribution in [3.8, 4) is 0 Å². The fourth-order valence-electron chi connectivity index (χ4n) is 8.90. The fourth-order valence-corrected chi connectivity index (χ4v) is 10.6. The molecule has 0 spiro atoms. The predicted molar refractivity (Wildman–Crippen MR) is 163 cm³/mol. The van der Waals surface area contributed by atoms with Crippen LogP contribution in [0.5, 0.6) is 0 Å². The molecule has 3 heterocycles. The third-order valence-electron chi connectivity index (χ3n) is 11.2. The Morgan fingerprint density at radius 2 is 1.49 bits per heavy atom. The zero-order chi connectivity index (χ0) is 28.2. The van der Waals surface area contributed by atoms with E-state index in [1.807, 2.05) is 17.0 Å². The molecule has 1 atom stereocenters. The van der Waals surface area contributed by atoms with E-state index in [2.05, 4.69) is 41.0 Å². The third-order valence-corrected chi connectivity index (χ3v) is 13.5. The first kappa shape index (κ1) is 27.8.